The number of allylic oxidation sites excluding steroid dienone is 8. The van der Waals surface area contributed by atoms with Gasteiger partial charge < -0.3 is 0 Å². The van der Waals surface area contributed by atoms with Gasteiger partial charge in [0.1, 0.15) is 0 Å². The summed E-state index contributed by atoms with van der Waals surface area (Å²) in [6, 6.07) is 0. The minimum Gasteiger partial charge on any atom is -0.0885 e. The van der Waals surface area contributed by atoms with Crippen LogP contribution in [0.2, 0.25) is 0 Å². The van der Waals surface area contributed by atoms with E-state index in [0.29, 0.717) is 0 Å². The van der Waals surface area contributed by atoms with Gasteiger partial charge in [-0.25, -0.2) is 0 Å². The van der Waals surface area contributed by atoms with Gasteiger partial charge in [0.15, 0.2) is 0 Å². The van der Waals surface area contributed by atoms with Gasteiger partial charge in [0, 0.05) is 40.2 Å². The normalized spacial score (nSPS) is 25.5. The first-order valence-electron chi connectivity index (χ1n) is 14.8. The summed E-state index contributed by atoms with van der Waals surface area (Å²) in [7, 11) is 0. The molecular formula is C32H54I2Ir2. The van der Waals surface area contributed by atoms with Crippen LogP contribution in [0.3, 0.4) is 0 Å². The first-order chi connectivity index (χ1) is 16.8. The van der Waals surface area contributed by atoms with E-state index in [9.17, 15) is 0 Å². The maximum Gasteiger partial charge on any atom is 0 e. The molecule has 0 amide bonds. The van der Waals surface area contributed by atoms with Crippen LogP contribution < -0.4 is 0 Å². The maximum atomic E-state index is 2.50. The van der Waals surface area contributed by atoms with Gasteiger partial charge in [-0.15, -0.1) is 0 Å². The molecule has 0 aliphatic heterocycles. The summed E-state index contributed by atoms with van der Waals surface area (Å²) in [6.45, 7) is 0. The molecule has 4 rings (SSSR count). The van der Waals surface area contributed by atoms with Gasteiger partial charge in [0.2, 0.25) is 0 Å². The van der Waals surface area contributed by atoms with Gasteiger partial charge in [-0.2, -0.15) is 0 Å². The Morgan fingerprint density at radius 3 is 0.722 bits per heavy atom. The molecule has 0 bridgehead atoms. The van der Waals surface area contributed by atoms with Crippen LogP contribution in [0, 0.1) is 0 Å². The molecule has 36 heavy (non-hydrogen) atoms. The Kier molecular flexibility index (Phi) is 36.5. The van der Waals surface area contributed by atoms with Gasteiger partial charge in [-0.1, -0.05) is 87.8 Å². The van der Waals surface area contributed by atoms with E-state index in [1.54, 1.807) is 7.16 Å². The molecule has 0 fully saturated rings. The summed E-state index contributed by atoms with van der Waals surface area (Å²) in [5.74, 6) is 0. The van der Waals surface area contributed by atoms with E-state index in [0.717, 1.165) is 0 Å². The molecule has 0 atom stereocenters. The van der Waals surface area contributed by atoms with Crippen molar-refractivity contribution >= 4 is 45.2 Å². The van der Waals surface area contributed by atoms with Crippen LogP contribution in [0.5, 0.6) is 0 Å². The average molecular weight is 1080 g/mol. The Bertz CT molecular complexity index is 468. The molecule has 0 aromatic carbocycles. The van der Waals surface area contributed by atoms with Crippen LogP contribution in [-0.2, 0) is 40.2 Å². The summed E-state index contributed by atoms with van der Waals surface area (Å²) in [6.07, 6.45) is 47.4. The van der Waals surface area contributed by atoms with E-state index < -0.39 is 0 Å². The molecule has 0 spiro atoms. The summed E-state index contributed by atoms with van der Waals surface area (Å²) < 4.78 is 3.22. The molecule has 214 valence electrons. The van der Waals surface area contributed by atoms with Gasteiger partial charge in [0.25, 0.3) is 0 Å². The van der Waals surface area contributed by atoms with Crippen molar-refractivity contribution in [3.63, 3.8) is 0 Å². The Labute approximate surface area is 280 Å². The van der Waals surface area contributed by atoms with E-state index in [1.165, 1.54) is 154 Å². The smallest absolute Gasteiger partial charge is 0 e. The summed E-state index contributed by atoms with van der Waals surface area (Å²) in [5, 5.41) is 0. The minimum atomic E-state index is 0. The fourth-order valence-corrected chi connectivity index (χ4v) is 5.83. The molecule has 4 aliphatic carbocycles. The fraction of sp³-hybridized carbons (Fsp3) is 0.750. The second kappa shape index (κ2) is 32.9. The van der Waals surface area contributed by atoms with Gasteiger partial charge in [-0.05, 0) is 155 Å². The third-order valence-corrected chi connectivity index (χ3v) is 10.2. The zero-order valence-corrected chi connectivity index (χ0v) is 32.0. The molecule has 4 heteroatoms. The van der Waals surface area contributed by atoms with Crippen LogP contribution >= 0.6 is 45.2 Å². The van der Waals surface area contributed by atoms with E-state index in [4.69, 9.17) is 0 Å². The van der Waals surface area contributed by atoms with Gasteiger partial charge >= 0.3 is 0 Å². The monoisotopic (exact) mass is 1080 g/mol. The van der Waals surface area contributed by atoms with Gasteiger partial charge in [0.05, 0.1) is 0 Å². The van der Waals surface area contributed by atoms with Crippen molar-refractivity contribution < 1.29 is 40.2 Å². The number of hydrogen-bond acceptors (Lipinski definition) is 0. The standard InChI is InChI=1S/C8H12I2.3C8H14.2Ir/c9-7-5-3-1-2-4-6-8(7)10;3*1-2-4-6-8-7-5-3-1;;/h1-6H2;3*1-2H,3-8H2;;/b8-7-;3*2-1-;;. The van der Waals surface area contributed by atoms with E-state index in [1.807, 2.05) is 0 Å². The third kappa shape index (κ3) is 28.7. The molecule has 0 N–H and O–H groups in total. The van der Waals surface area contributed by atoms with Crippen LogP contribution in [-0.4, -0.2) is 0 Å². The number of hydrogen-bond donors (Lipinski definition) is 0. The van der Waals surface area contributed by atoms with Crippen molar-refractivity contribution in [1.82, 2.24) is 0 Å². The summed E-state index contributed by atoms with van der Waals surface area (Å²) in [4.78, 5) is 0. The Hall–Kier alpha value is 1.72. The largest absolute Gasteiger partial charge is 0.0885 e. The van der Waals surface area contributed by atoms with E-state index >= 15 is 0 Å². The molecule has 0 saturated carbocycles. The molecule has 4 aliphatic rings. The summed E-state index contributed by atoms with van der Waals surface area (Å²) >= 11 is 4.99. The molecule has 0 heterocycles. The SMILES string of the molecule is C1=C\CCCCCC/1.C1=C\CCCCCC/1.C1=C\CCCCCC/1.I/C1=C(\I)CCCCCC1.[Ir].[Ir]. The second-order valence-electron chi connectivity index (χ2n) is 10.1. The molecule has 0 aromatic heterocycles. The Morgan fingerprint density at radius 1 is 0.306 bits per heavy atom. The van der Waals surface area contributed by atoms with Crippen molar-refractivity contribution in [1.29, 1.82) is 0 Å². The van der Waals surface area contributed by atoms with Crippen molar-refractivity contribution in [2.75, 3.05) is 0 Å². The third-order valence-electron chi connectivity index (χ3n) is 6.81. The van der Waals surface area contributed by atoms with Gasteiger partial charge in [-0.3, -0.25) is 0 Å². The molecule has 0 aromatic rings. The molecule has 0 saturated heterocycles. The minimum absolute atomic E-state index is 0. The van der Waals surface area contributed by atoms with Crippen molar-refractivity contribution in [2.24, 2.45) is 0 Å². The van der Waals surface area contributed by atoms with Crippen LogP contribution in [0.4, 0.5) is 0 Å². The molecule has 2 radical (unpaired) electrons. The average Bonchev–Trinajstić information content (AvgIpc) is 2.75. The van der Waals surface area contributed by atoms with Crippen molar-refractivity contribution in [3.05, 3.63) is 43.6 Å². The maximum absolute atomic E-state index is 2.50. The molecular weight excluding hydrogens is 1020 g/mol. The molecule has 0 nitrogen and oxygen atoms in total. The van der Waals surface area contributed by atoms with Crippen LogP contribution in [0.1, 0.15) is 154 Å². The molecule has 0 unspecified atom stereocenters. The Balaban J connectivity index is 0. The fourth-order valence-electron chi connectivity index (χ4n) is 4.53. The van der Waals surface area contributed by atoms with Crippen LogP contribution in [0.15, 0.2) is 43.6 Å². The number of halogens is 2. The van der Waals surface area contributed by atoms with E-state index in [-0.39, 0.29) is 40.2 Å². The summed E-state index contributed by atoms with van der Waals surface area (Å²) in [5.41, 5.74) is 0. The topological polar surface area (TPSA) is 0 Å². The first-order valence-corrected chi connectivity index (χ1v) is 16.9. The predicted molar refractivity (Wildman–Crippen MR) is 173 cm³/mol. The number of rotatable bonds is 0. The zero-order valence-electron chi connectivity index (χ0n) is 22.9. The first kappa shape index (κ1) is 39.9. The predicted octanol–water partition coefficient (Wildman–Crippen LogP) is 13.1. The van der Waals surface area contributed by atoms with Crippen molar-refractivity contribution in [3.8, 4) is 0 Å². The van der Waals surface area contributed by atoms with E-state index in [2.05, 4.69) is 81.6 Å². The van der Waals surface area contributed by atoms with Crippen LogP contribution in [0.25, 0.3) is 0 Å². The zero-order chi connectivity index (χ0) is 24.4. The Morgan fingerprint density at radius 2 is 0.500 bits per heavy atom. The quantitative estimate of drug-likeness (QED) is 0.168. The van der Waals surface area contributed by atoms with Crippen molar-refractivity contribution in [2.45, 2.75) is 154 Å². The second-order valence-corrected chi connectivity index (χ2v) is 12.7.